The highest BCUT2D eigenvalue weighted by Gasteiger charge is 2.36. The molecule has 0 spiro atoms. The minimum absolute atomic E-state index is 0.126. The summed E-state index contributed by atoms with van der Waals surface area (Å²) < 4.78 is 35.8. The number of hydrogen-bond donors (Lipinski definition) is 1. The fourth-order valence-corrected chi connectivity index (χ4v) is 5.91. The predicted octanol–water partition coefficient (Wildman–Crippen LogP) is 5.20. The largest absolute Gasteiger partial charge is 0.381 e. The first kappa shape index (κ1) is 27.2. The summed E-state index contributed by atoms with van der Waals surface area (Å²) in [5.41, 5.74) is 2.59. The van der Waals surface area contributed by atoms with E-state index in [4.69, 9.17) is 9.72 Å². The number of imidazole rings is 1. The van der Waals surface area contributed by atoms with Crippen molar-refractivity contribution in [2.45, 2.75) is 63.1 Å². The van der Waals surface area contributed by atoms with Gasteiger partial charge in [-0.15, -0.1) is 0 Å². The van der Waals surface area contributed by atoms with Gasteiger partial charge in [0, 0.05) is 37.0 Å². The highest BCUT2D eigenvalue weighted by Crippen LogP contribution is 2.41. The summed E-state index contributed by atoms with van der Waals surface area (Å²) in [6.07, 6.45) is 5.48. The van der Waals surface area contributed by atoms with E-state index in [1.54, 1.807) is 16.9 Å². The first-order chi connectivity index (χ1) is 18.7. The summed E-state index contributed by atoms with van der Waals surface area (Å²) in [7, 11) is 5.40. The lowest BCUT2D eigenvalue weighted by Crippen LogP contribution is -2.40. The normalized spacial score (nSPS) is 22.1. The van der Waals surface area contributed by atoms with Crippen molar-refractivity contribution in [3.05, 3.63) is 53.9 Å². The van der Waals surface area contributed by atoms with Crippen molar-refractivity contribution in [2.75, 3.05) is 38.0 Å². The zero-order valence-corrected chi connectivity index (χ0v) is 22.6. The lowest BCUT2D eigenvalue weighted by molar-refractivity contribution is -0.120. The van der Waals surface area contributed by atoms with Crippen LogP contribution >= 0.6 is 0 Å². The molecule has 1 saturated carbocycles. The van der Waals surface area contributed by atoms with Crippen LogP contribution in [-0.2, 0) is 14.3 Å². The summed E-state index contributed by atoms with van der Waals surface area (Å²) >= 11 is 0. The molecule has 2 amide bonds. The molecule has 0 unspecified atom stereocenters. The molecule has 208 valence electrons. The highest BCUT2D eigenvalue weighted by atomic mass is 19.2. The van der Waals surface area contributed by atoms with Crippen molar-refractivity contribution in [1.29, 1.82) is 0 Å². The van der Waals surface area contributed by atoms with E-state index in [1.807, 2.05) is 32.3 Å². The van der Waals surface area contributed by atoms with Crippen molar-refractivity contribution in [3.8, 4) is 0 Å². The summed E-state index contributed by atoms with van der Waals surface area (Å²) in [6.45, 7) is 0.258. The Morgan fingerprint density at radius 2 is 1.85 bits per heavy atom. The number of carbonyl (C=O) groups excluding carboxylic acids is 2. The topological polar surface area (TPSA) is 79.7 Å². The molecule has 8 nitrogen and oxygen atoms in total. The third kappa shape index (κ3) is 5.67. The molecular formula is C29H35F2N5O3. The number of hydrogen-bond acceptors (Lipinski definition) is 5. The van der Waals surface area contributed by atoms with Gasteiger partial charge in [-0.05, 0) is 83.0 Å². The number of rotatable bonds is 7. The van der Waals surface area contributed by atoms with Crippen LogP contribution in [0.1, 0.15) is 62.9 Å². The van der Waals surface area contributed by atoms with E-state index >= 15 is 0 Å². The van der Waals surface area contributed by atoms with E-state index in [0.29, 0.717) is 36.2 Å². The zero-order valence-electron chi connectivity index (χ0n) is 22.6. The number of piperidine rings is 1. The molecule has 3 aromatic rings. The van der Waals surface area contributed by atoms with Gasteiger partial charge >= 0.3 is 0 Å². The molecule has 2 fully saturated rings. The van der Waals surface area contributed by atoms with E-state index in [2.05, 4.69) is 9.88 Å². The van der Waals surface area contributed by atoms with Crippen LogP contribution in [0.25, 0.3) is 11.0 Å². The van der Waals surface area contributed by atoms with Crippen molar-refractivity contribution in [2.24, 2.45) is 0 Å². The van der Waals surface area contributed by atoms with E-state index < -0.39 is 17.7 Å². The number of nitrogens with zero attached hydrogens (tertiary/aromatic N) is 4. The number of likely N-dealkylation sites (N-methyl/N-ethyl adjacent to an activating group) is 1. The molecule has 1 N–H and O–H groups in total. The molecule has 1 atom stereocenters. The second-order valence-electron chi connectivity index (χ2n) is 10.8. The quantitative estimate of drug-likeness (QED) is 0.446. The Morgan fingerprint density at radius 1 is 1.08 bits per heavy atom. The number of carbonyl (C=O) groups is 2. The van der Waals surface area contributed by atoms with Crippen molar-refractivity contribution in [3.63, 3.8) is 0 Å². The fraction of sp³-hybridized carbons (Fsp3) is 0.483. The molecule has 10 heteroatoms. The number of aromatic nitrogens is 2. The van der Waals surface area contributed by atoms with Crippen LogP contribution in [0.3, 0.4) is 0 Å². The first-order valence-corrected chi connectivity index (χ1v) is 13.5. The van der Waals surface area contributed by atoms with Crippen molar-refractivity contribution in [1.82, 2.24) is 14.5 Å². The number of amides is 2. The Kier molecular flexibility index (Phi) is 7.95. The zero-order chi connectivity index (χ0) is 27.7. The van der Waals surface area contributed by atoms with Crippen LogP contribution in [-0.4, -0.2) is 60.1 Å². The van der Waals surface area contributed by atoms with Gasteiger partial charge in [0.05, 0.1) is 29.7 Å². The Balaban J connectivity index is 1.58. The summed E-state index contributed by atoms with van der Waals surface area (Å²) in [4.78, 5) is 34.0. The molecule has 2 heterocycles. The van der Waals surface area contributed by atoms with Gasteiger partial charge in [-0.3, -0.25) is 9.59 Å². The molecule has 1 aromatic heterocycles. The van der Waals surface area contributed by atoms with Crippen LogP contribution < -0.4 is 10.2 Å². The number of methoxy groups -OCH3 is 1. The standard InChI is InChI=1S/C29H35F2N5O3/c1-34(2)17-27(37)32-18-7-14-25-24(15-18)33-29(36(25)19-8-11-21(39-3)12-9-19)26-5-4-6-28(38)35(26)20-10-13-22(30)23(31)16-20/h7,10,13-16,19,21,26H,4-6,8-9,11-12,17H2,1-3H3,(H,32,37)/t19?,21?,26-/m0/s1. The molecule has 2 aliphatic rings. The molecule has 2 aromatic carbocycles. The Labute approximate surface area is 226 Å². The Bertz CT molecular complexity index is 1370. The lowest BCUT2D eigenvalue weighted by Gasteiger charge is -2.37. The van der Waals surface area contributed by atoms with Gasteiger partial charge in [0.1, 0.15) is 5.82 Å². The van der Waals surface area contributed by atoms with Gasteiger partial charge in [-0.25, -0.2) is 13.8 Å². The predicted molar refractivity (Wildman–Crippen MR) is 146 cm³/mol. The minimum Gasteiger partial charge on any atom is -0.381 e. The fourth-order valence-electron chi connectivity index (χ4n) is 5.91. The maximum atomic E-state index is 14.2. The van der Waals surface area contributed by atoms with Crippen LogP contribution in [0.2, 0.25) is 0 Å². The average Bonchev–Trinajstić information content (AvgIpc) is 3.28. The van der Waals surface area contributed by atoms with Gasteiger partial charge in [0.25, 0.3) is 0 Å². The molecule has 5 rings (SSSR count). The van der Waals surface area contributed by atoms with Crippen LogP contribution in [0.5, 0.6) is 0 Å². The van der Waals surface area contributed by atoms with Gasteiger partial charge in [-0.1, -0.05) is 0 Å². The molecule has 1 aliphatic carbocycles. The SMILES string of the molecule is COC1CCC(n2c([C@@H]3CCCC(=O)N3c3ccc(F)c(F)c3)nc3cc(NC(=O)CN(C)C)ccc32)CC1. The van der Waals surface area contributed by atoms with Crippen LogP contribution in [0, 0.1) is 11.6 Å². The highest BCUT2D eigenvalue weighted by molar-refractivity contribution is 5.96. The van der Waals surface area contributed by atoms with Gasteiger partial charge in [-0.2, -0.15) is 0 Å². The first-order valence-electron chi connectivity index (χ1n) is 13.5. The van der Waals surface area contributed by atoms with Crippen LogP contribution in [0.15, 0.2) is 36.4 Å². The van der Waals surface area contributed by atoms with Crippen molar-refractivity contribution >= 4 is 34.2 Å². The molecule has 1 saturated heterocycles. The van der Waals surface area contributed by atoms with Gasteiger partial charge in [0.15, 0.2) is 11.6 Å². The maximum absolute atomic E-state index is 14.2. The number of benzene rings is 2. The smallest absolute Gasteiger partial charge is 0.238 e. The number of anilines is 2. The van der Waals surface area contributed by atoms with E-state index in [-0.39, 0.29) is 30.5 Å². The lowest BCUT2D eigenvalue weighted by atomic mass is 9.92. The molecule has 0 radical (unpaired) electrons. The molecule has 1 aliphatic heterocycles. The molecule has 39 heavy (non-hydrogen) atoms. The summed E-state index contributed by atoms with van der Waals surface area (Å²) in [5, 5.41) is 2.93. The molecular weight excluding hydrogens is 504 g/mol. The maximum Gasteiger partial charge on any atom is 0.238 e. The summed E-state index contributed by atoms with van der Waals surface area (Å²) in [6, 6.07) is 9.00. The third-order valence-electron chi connectivity index (χ3n) is 7.73. The number of halogens is 2. The Morgan fingerprint density at radius 3 is 2.54 bits per heavy atom. The van der Waals surface area contributed by atoms with E-state index in [9.17, 15) is 18.4 Å². The number of nitrogens with one attached hydrogen (secondary N) is 1. The minimum atomic E-state index is -0.992. The number of fused-ring (bicyclic) bond motifs is 1. The van der Waals surface area contributed by atoms with Gasteiger partial charge in [0.2, 0.25) is 11.8 Å². The van der Waals surface area contributed by atoms with Crippen LogP contribution in [0.4, 0.5) is 20.2 Å². The second-order valence-corrected chi connectivity index (χ2v) is 10.8. The second kappa shape index (κ2) is 11.4. The number of ether oxygens (including phenoxy) is 1. The van der Waals surface area contributed by atoms with E-state index in [0.717, 1.165) is 49.2 Å². The molecule has 0 bridgehead atoms. The third-order valence-corrected chi connectivity index (χ3v) is 7.73. The van der Waals surface area contributed by atoms with Gasteiger partial charge < -0.3 is 24.4 Å². The van der Waals surface area contributed by atoms with E-state index in [1.165, 1.54) is 6.07 Å². The Hall–Kier alpha value is -3.37. The summed E-state index contributed by atoms with van der Waals surface area (Å²) in [5.74, 6) is -1.49. The monoisotopic (exact) mass is 539 g/mol. The average molecular weight is 540 g/mol. The van der Waals surface area contributed by atoms with Crippen molar-refractivity contribution < 1.29 is 23.1 Å².